The van der Waals surface area contributed by atoms with Gasteiger partial charge in [-0.25, -0.2) is 4.79 Å². The van der Waals surface area contributed by atoms with Crippen LogP contribution in [-0.2, 0) is 7.05 Å². The number of carbonyl (C=O) groups is 1. The molecule has 3 heterocycles. The minimum atomic E-state index is -0.544. The van der Waals surface area contributed by atoms with Gasteiger partial charge in [0, 0.05) is 51.2 Å². The van der Waals surface area contributed by atoms with Crippen molar-refractivity contribution in [2.75, 3.05) is 13.1 Å². The molecule has 0 unspecified atom stereocenters. The summed E-state index contributed by atoms with van der Waals surface area (Å²) in [6.07, 6.45) is 2.75. The number of nitrogens with one attached hydrogen (secondary N) is 1. The average molecular weight is 343 g/mol. The third-order valence-electron chi connectivity index (χ3n) is 5.35. The molecule has 2 N–H and O–H groups in total. The number of piperidine rings is 1. The number of carbonyl (C=O) groups excluding carboxylic acids is 1. The maximum Gasteiger partial charge on any atom is 0.325 e. The number of nitrogens with zero attached hydrogens (tertiary/aromatic N) is 2. The Hall–Kier alpha value is -2.54. The van der Waals surface area contributed by atoms with Gasteiger partial charge >= 0.3 is 5.69 Å². The smallest absolute Gasteiger partial charge is 0.325 e. The Morgan fingerprint density at radius 2 is 2.04 bits per heavy atom. The first-order chi connectivity index (χ1) is 12.0. The summed E-state index contributed by atoms with van der Waals surface area (Å²) in [5, 5.41) is 10.5. The van der Waals surface area contributed by atoms with E-state index in [0.29, 0.717) is 38.0 Å². The van der Waals surface area contributed by atoms with Crippen LogP contribution in [0.1, 0.15) is 41.4 Å². The van der Waals surface area contributed by atoms with E-state index < -0.39 is 11.7 Å². The lowest BCUT2D eigenvalue weighted by molar-refractivity contribution is -0.0496. The highest BCUT2D eigenvalue weighted by molar-refractivity contribution is 5.92. The monoisotopic (exact) mass is 343 g/mol. The summed E-state index contributed by atoms with van der Waals surface area (Å²) in [7, 11) is 1.58. The van der Waals surface area contributed by atoms with E-state index in [0.717, 1.165) is 11.3 Å². The van der Waals surface area contributed by atoms with Gasteiger partial charge in [-0.3, -0.25) is 9.36 Å². The molecule has 132 valence electrons. The Morgan fingerprint density at radius 1 is 1.32 bits per heavy atom. The van der Waals surface area contributed by atoms with Crippen molar-refractivity contribution in [1.29, 1.82) is 0 Å². The molecule has 1 atom stereocenters. The van der Waals surface area contributed by atoms with Crippen LogP contribution in [0.5, 0.6) is 5.75 Å². The largest absolute Gasteiger partial charge is 0.487 e. The van der Waals surface area contributed by atoms with Crippen LogP contribution in [0, 0.1) is 0 Å². The molecule has 1 aromatic heterocycles. The summed E-state index contributed by atoms with van der Waals surface area (Å²) in [5.41, 5.74) is 0.450. The number of benzene rings is 1. The first kappa shape index (κ1) is 16.0. The van der Waals surface area contributed by atoms with Crippen LogP contribution in [-0.4, -0.2) is 44.2 Å². The van der Waals surface area contributed by atoms with Gasteiger partial charge in [0.1, 0.15) is 17.0 Å². The highest BCUT2D eigenvalue weighted by Crippen LogP contribution is 2.44. The predicted octanol–water partition coefficient (Wildman–Crippen LogP) is 1.20. The summed E-state index contributed by atoms with van der Waals surface area (Å²) < 4.78 is 7.56. The van der Waals surface area contributed by atoms with Gasteiger partial charge in [-0.2, -0.15) is 0 Å². The molecule has 7 heteroatoms. The number of rotatable bonds is 1. The molecule has 1 fully saturated rings. The summed E-state index contributed by atoms with van der Waals surface area (Å²) in [6.45, 7) is 1.07. The summed E-state index contributed by atoms with van der Waals surface area (Å²) in [5.74, 6) is 0.571. The molecule has 25 heavy (non-hydrogen) atoms. The third-order valence-corrected chi connectivity index (χ3v) is 5.35. The van der Waals surface area contributed by atoms with Crippen molar-refractivity contribution in [3.8, 4) is 5.75 Å². The highest BCUT2D eigenvalue weighted by atomic mass is 16.5. The first-order valence-electron chi connectivity index (χ1n) is 8.49. The molecular formula is C18H21N3O4. The number of aliphatic hydroxyl groups excluding tert-OH is 1. The zero-order chi connectivity index (χ0) is 17.6. The van der Waals surface area contributed by atoms with Crippen molar-refractivity contribution in [3.05, 3.63) is 52.2 Å². The third kappa shape index (κ3) is 2.64. The minimum Gasteiger partial charge on any atom is -0.487 e. The van der Waals surface area contributed by atoms with Gasteiger partial charge in [-0.1, -0.05) is 18.2 Å². The van der Waals surface area contributed by atoms with Crippen LogP contribution in [0.2, 0.25) is 0 Å². The molecule has 2 aromatic rings. The van der Waals surface area contributed by atoms with Crippen LogP contribution in [0.25, 0.3) is 0 Å². The van der Waals surface area contributed by atoms with E-state index in [2.05, 4.69) is 4.98 Å². The number of aromatic amines is 1. The van der Waals surface area contributed by atoms with Gasteiger partial charge < -0.3 is 19.7 Å². The van der Waals surface area contributed by atoms with Crippen molar-refractivity contribution >= 4 is 5.91 Å². The second-order valence-corrected chi connectivity index (χ2v) is 6.87. The number of aliphatic hydroxyl groups is 1. The van der Waals surface area contributed by atoms with Gasteiger partial charge in [-0.05, 0) is 6.07 Å². The van der Waals surface area contributed by atoms with Crippen LogP contribution in [0.3, 0.4) is 0 Å². The second kappa shape index (κ2) is 5.77. The lowest BCUT2D eigenvalue weighted by atomic mass is 9.81. The van der Waals surface area contributed by atoms with E-state index in [4.69, 9.17) is 4.74 Å². The van der Waals surface area contributed by atoms with Crippen LogP contribution >= 0.6 is 0 Å². The Balaban J connectivity index is 1.49. The quantitative estimate of drug-likeness (QED) is 0.815. The standard InChI is InChI=1S/C18H21N3O4/c1-20-13(11-19-17(20)24)16(23)21-8-6-18(7-9-21)10-14(22)12-4-2-3-5-15(12)25-18/h2-5,11,14,22H,6-10H2,1H3,(H,19,24)/t14-/m0/s1. The Bertz CT molecular complexity index is 861. The molecule has 4 rings (SSSR count). The van der Waals surface area contributed by atoms with E-state index in [1.165, 1.54) is 10.8 Å². The zero-order valence-corrected chi connectivity index (χ0v) is 14.1. The molecule has 1 saturated heterocycles. The fourth-order valence-electron chi connectivity index (χ4n) is 3.81. The van der Waals surface area contributed by atoms with Crippen LogP contribution in [0.4, 0.5) is 0 Å². The number of ether oxygens (including phenoxy) is 1. The molecule has 7 nitrogen and oxygen atoms in total. The van der Waals surface area contributed by atoms with Gasteiger partial charge in [-0.15, -0.1) is 0 Å². The van der Waals surface area contributed by atoms with Gasteiger partial charge in [0.2, 0.25) is 0 Å². The number of hydrogen-bond acceptors (Lipinski definition) is 4. The summed E-state index contributed by atoms with van der Waals surface area (Å²) in [6, 6.07) is 7.56. The molecule has 2 aliphatic rings. The molecule has 2 aliphatic heterocycles. The number of aromatic nitrogens is 2. The minimum absolute atomic E-state index is 0.160. The summed E-state index contributed by atoms with van der Waals surface area (Å²) >= 11 is 0. The number of amides is 1. The molecule has 0 aliphatic carbocycles. The van der Waals surface area contributed by atoms with Crippen LogP contribution < -0.4 is 10.4 Å². The van der Waals surface area contributed by atoms with Crippen LogP contribution in [0.15, 0.2) is 35.3 Å². The fraction of sp³-hybridized carbons (Fsp3) is 0.444. The van der Waals surface area contributed by atoms with Crippen molar-refractivity contribution in [3.63, 3.8) is 0 Å². The lowest BCUT2D eigenvalue weighted by Gasteiger charge is -2.45. The van der Waals surface area contributed by atoms with Gasteiger partial charge in [0.15, 0.2) is 0 Å². The molecule has 1 amide bonds. The van der Waals surface area contributed by atoms with E-state index >= 15 is 0 Å². The number of hydrogen-bond donors (Lipinski definition) is 2. The first-order valence-corrected chi connectivity index (χ1v) is 8.49. The Morgan fingerprint density at radius 3 is 2.72 bits per heavy atom. The zero-order valence-electron chi connectivity index (χ0n) is 14.1. The van der Waals surface area contributed by atoms with E-state index in [1.54, 1.807) is 11.9 Å². The maximum absolute atomic E-state index is 12.6. The molecule has 0 bridgehead atoms. The van der Waals surface area contributed by atoms with E-state index in [1.807, 2.05) is 24.3 Å². The predicted molar refractivity (Wildman–Crippen MR) is 90.5 cm³/mol. The van der Waals surface area contributed by atoms with Crippen molar-refractivity contribution < 1.29 is 14.6 Å². The number of imidazole rings is 1. The highest BCUT2D eigenvalue weighted by Gasteiger charge is 2.43. The van der Waals surface area contributed by atoms with Crippen molar-refractivity contribution in [2.24, 2.45) is 7.05 Å². The molecule has 1 aromatic carbocycles. The lowest BCUT2D eigenvalue weighted by Crippen LogP contribution is -2.52. The second-order valence-electron chi connectivity index (χ2n) is 6.87. The average Bonchev–Trinajstić information content (AvgIpc) is 2.94. The number of likely N-dealkylation sites (tertiary alicyclic amines) is 1. The number of fused-ring (bicyclic) bond motifs is 1. The maximum atomic E-state index is 12.6. The summed E-state index contributed by atoms with van der Waals surface area (Å²) in [4.78, 5) is 28.4. The number of H-pyrrole nitrogens is 1. The molecular weight excluding hydrogens is 322 g/mol. The van der Waals surface area contributed by atoms with Gasteiger partial charge in [0.25, 0.3) is 5.91 Å². The topological polar surface area (TPSA) is 87.6 Å². The Kier molecular flexibility index (Phi) is 3.68. The molecule has 0 saturated carbocycles. The van der Waals surface area contributed by atoms with E-state index in [-0.39, 0.29) is 11.6 Å². The SMILES string of the molecule is Cn1c(C(=O)N2CCC3(CC2)C[C@H](O)c2ccccc2O3)c[nH]c1=O. The Labute approximate surface area is 144 Å². The van der Waals surface area contributed by atoms with Crippen molar-refractivity contribution in [1.82, 2.24) is 14.5 Å². The fourth-order valence-corrected chi connectivity index (χ4v) is 3.81. The normalized spacial score (nSPS) is 21.7. The van der Waals surface area contributed by atoms with Gasteiger partial charge in [0.05, 0.1) is 6.10 Å². The molecule has 0 radical (unpaired) electrons. The molecule has 1 spiro atoms. The van der Waals surface area contributed by atoms with E-state index in [9.17, 15) is 14.7 Å². The number of para-hydroxylation sites is 1. The van der Waals surface area contributed by atoms with Crippen molar-refractivity contribution in [2.45, 2.75) is 31.0 Å².